The van der Waals surface area contributed by atoms with E-state index in [-0.39, 0.29) is 5.56 Å². The van der Waals surface area contributed by atoms with Crippen molar-refractivity contribution in [1.82, 2.24) is 5.32 Å². The first-order chi connectivity index (χ1) is 9.18. The van der Waals surface area contributed by atoms with Crippen LogP contribution in [-0.4, -0.2) is 12.5 Å². The van der Waals surface area contributed by atoms with E-state index in [4.69, 9.17) is 0 Å². The summed E-state index contributed by atoms with van der Waals surface area (Å²) in [4.78, 5) is 11.8. The van der Waals surface area contributed by atoms with Crippen molar-refractivity contribution in [2.75, 3.05) is 6.54 Å². The maximum absolute atomic E-state index is 13.7. The summed E-state index contributed by atoms with van der Waals surface area (Å²) in [5.41, 5.74) is 1.19. The molecule has 0 heterocycles. The number of carbonyl (C=O) groups is 1. The third-order valence-corrected chi connectivity index (χ3v) is 3.35. The van der Waals surface area contributed by atoms with E-state index >= 15 is 0 Å². The molecule has 2 rings (SSSR count). The quantitative estimate of drug-likeness (QED) is 0.916. The highest BCUT2D eigenvalue weighted by Gasteiger charge is 2.12. The van der Waals surface area contributed by atoms with E-state index in [2.05, 4.69) is 21.2 Å². The maximum Gasteiger partial charge on any atom is 0.254 e. The second-order valence-electron chi connectivity index (χ2n) is 4.09. The molecule has 19 heavy (non-hydrogen) atoms. The summed E-state index contributed by atoms with van der Waals surface area (Å²) in [6, 6.07) is 14.5. The summed E-state index contributed by atoms with van der Waals surface area (Å²) < 4.78 is 14.0. The van der Waals surface area contributed by atoms with Crippen molar-refractivity contribution < 1.29 is 9.18 Å². The zero-order valence-corrected chi connectivity index (χ0v) is 11.8. The van der Waals surface area contributed by atoms with E-state index in [9.17, 15) is 9.18 Å². The lowest BCUT2D eigenvalue weighted by molar-refractivity contribution is 0.0950. The SMILES string of the molecule is O=C(NCCc1ccccc1)c1cccc(Br)c1F. The third-order valence-electron chi connectivity index (χ3n) is 2.74. The fraction of sp³-hybridized carbons (Fsp3) is 0.133. The van der Waals surface area contributed by atoms with Crippen LogP contribution < -0.4 is 5.32 Å². The smallest absolute Gasteiger partial charge is 0.254 e. The van der Waals surface area contributed by atoms with Gasteiger partial charge in [0.2, 0.25) is 0 Å². The van der Waals surface area contributed by atoms with Crippen LogP contribution in [0.15, 0.2) is 53.0 Å². The van der Waals surface area contributed by atoms with Crippen LogP contribution in [0.2, 0.25) is 0 Å². The Labute approximate surface area is 119 Å². The molecule has 1 amide bonds. The predicted octanol–water partition coefficient (Wildman–Crippen LogP) is 3.56. The molecule has 0 spiro atoms. The Morgan fingerprint density at radius 2 is 1.84 bits per heavy atom. The zero-order valence-electron chi connectivity index (χ0n) is 10.2. The number of hydrogen-bond acceptors (Lipinski definition) is 1. The van der Waals surface area contributed by atoms with Gasteiger partial charge in [0.05, 0.1) is 10.0 Å². The Hall–Kier alpha value is -1.68. The van der Waals surface area contributed by atoms with Crippen LogP contribution in [0, 0.1) is 5.82 Å². The number of carbonyl (C=O) groups excluding carboxylic acids is 1. The van der Waals surface area contributed by atoms with Gasteiger partial charge in [-0.1, -0.05) is 36.4 Å². The van der Waals surface area contributed by atoms with Gasteiger partial charge < -0.3 is 5.32 Å². The molecule has 0 fully saturated rings. The van der Waals surface area contributed by atoms with Gasteiger partial charge in [0, 0.05) is 6.54 Å². The molecule has 2 aromatic carbocycles. The van der Waals surface area contributed by atoms with E-state index in [0.29, 0.717) is 11.0 Å². The van der Waals surface area contributed by atoms with E-state index in [1.807, 2.05) is 30.3 Å². The minimum absolute atomic E-state index is 0.0578. The molecular formula is C15H13BrFNO. The molecule has 2 nitrogen and oxygen atoms in total. The molecule has 0 bridgehead atoms. The lowest BCUT2D eigenvalue weighted by Gasteiger charge is -2.07. The summed E-state index contributed by atoms with van der Waals surface area (Å²) in [5.74, 6) is -0.922. The normalized spacial score (nSPS) is 10.2. The molecule has 0 saturated carbocycles. The maximum atomic E-state index is 13.7. The summed E-state index contributed by atoms with van der Waals surface area (Å²) in [5, 5.41) is 2.72. The topological polar surface area (TPSA) is 29.1 Å². The van der Waals surface area contributed by atoms with E-state index < -0.39 is 11.7 Å². The highest BCUT2D eigenvalue weighted by atomic mass is 79.9. The Morgan fingerprint density at radius 3 is 2.58 bits per heavy atom. The van der Waals surface area contributed by atoms with E-state index in [0.717, 1.165) is 12.0 Å². The number of benzene rings is 2. The van der Waals surface area contributed by atoms with Crippen LogP contribution >= 0.6 is 15.9 Å². The standard InChI is InChI=1S/C15H13BrFNO/c16-13-8-4-7-12(14(13)17)15(19)18-10-9-11-5-2-1-3-6-11/h1-8H,9-10H2,(H,18,19). The molecule has 2 aromatic rings. The molecule has 0 atom stereocenters. The van der Waals surface area contributed by atoms with E-state index in [1.54, 1.807) is 12.1 Å². The first kappa shape index (κ1) is 13.7. The van der Waals surface area contributed by atoms with Crippen LogP contribution in [0.1, 0.15) is 15.9 Å². The Balaban J connectivity index is 1.93. The van der Waals surface area contributed by atoms with Gasteiger partial charge in [-0.15, -0.1) is 0 Å². The largest absolute Gasteiger partial charge is 0.352 e. The summed E-state index contributed by atoms with van der Waals surface area (Å²) in [6.07, 6.45) is 0.724. The number of rotatable bonds is 4. The Kier molecular flexibility index (Phi) is 4.68. The van der Waals surface area contributed by atoms with Crippen molar-refractivity contribution in [2.45, 2.75) is 6.42 Å². The summed E-state index contributed by atoms with van der Waals surface area (Å²) in [7, 11) is 0. The highest BCUT2D eigenvalue weighted by Crippen LogP contribution is 2.18. The van der Waals surface area contributed by atoms with Gasteiger partial charge in [0.25, 0.3) is 5.91 Å². The van der Waals surface area contributed by atoms with Gasteiger partial charge in [-0.2, -0.15) is 0 Å². The number of halogens is 2. The molecule has 0 saturated heterocycles. The van der Waals surface area contributed by atoms with Gasteiger partial charge >= 0.3 is 0 Å². The average Bonchev–Trinajstić information content (AvgIpc) is 2.43. The molecule has 0 unspecified atom stereocenters. The number of hydrogen-bond donors (Lipinski definition) is 1. The highest BCUT2D eigenvalue weighted by molar-refractivity contribution is 9.10. The number of nitrogens with one attached hydrogen (secondary N) is 1. The minimum atomic E-state index is -0.528. The lowest BCUT2D eigenvalue weighted by Crippen LogP contribution is -2.26. The monoisotopic (exact) mass is 321 g/mol. The fourth-order valence-corrected chi connectivity index (χ4v) is 2.11. The van der Waals surface area contributed by atoms with Crippen molar-refractivity contribution in [2.24, 2.45) is 0 Å². The fourth-order valence-electron chi connectivity index (χ4n) is 1.74. The minimum Gasteiger partial charge on any atom is -0.352 e. The van der Waals surface area contributed by atoms with Crippen molar-refractivity contribution >= 4 is 21.8 Å². The predicted molar refractivity (Wildman–Crippen MR) is 76.6 cm³/mol. The van der Waals surface area contributed by atoms with Crippen LogP contribution in [0.25, 0.3) is 0 Å². The molecular weight excluding hydrogens is 309 g/mol. The second-order valence-corrected chi connectivity index (χ2v) is 4.95. The van der Waals surface area contributed by atoms with Crippen molar-refractivity contribution in [3.05, 3.63) is 69.9 Å². The summed E-state index contributed by atoms with van der Waals surface area (Å²) in [6.45, 7) is 0.481. The van der Waals surface area contributed by atoms with Crippen LogP contribution in [0.3, 0.4) is 0 Å². The average molecular weight is 322 g/mol. The Bertz CT molecular complexity index is 572. The first-order valence-electron chi connectivity index (χ1n) is 5.94. The van der Waals surface area contributed by atoms with Crippen LogP contribution in [-0.2, 0) is 6.42 Å². The van der Waals surface area contributed by atoms with Gasteiger partial charge in [-0.3, -0.25) is 4.79 Å². The van der Waals surface area contributed by atoms with Gasteiger partial charge in [0.1, 0.15) is 5.82 Å². The second kappa shape index (κ2) is 6.48. The van der Waals surface area contributed by atoms with Crippen molar-refractivity contribution in [1.29, 1.82) is 0 Å². The van der Waals surface area contributed by atoms with Crippen molar-refractivity contribution in [3.63, 3.8) is 0 Å². The number of amides is 1. The van der Waals surface area contributed by atoms with Crippen LogP contribution in [0.5, 0.6) is 0 Å². The zero-order chi connectivity index (χ0) is 13.7. The van der Waals surface area contributed by atoms with Gasteiger partial charge in [-0.25, -0.2) is 4.39 Å². The molecule has 98 valence electrons. The van der Waals surface area contributed by atoms with Crippen LogP contribution in [0.4, 0.5) is 4.39 Å². The van der Waals surface area contributed by atoms with Gasteiger partial charge in [-0.05, 0) is 40.0 Å². The molecule has 0 aliphatic rings. The first-order valence-corrected chi connectivity index (χ1v) is 6.74. The van der Waals surface area contributed by atoms with Crippen molar-refractivity contribution in [3.8, 4) is 0 Å². The lowest BCUT2D eigenvalue weighted by atomic mass is 10.1. The Morgan fingerprint density at radius 1 is 1.11 bits per heavy atom. The summed E-state index contributed by atoms with van der Waals surface area (Å²) >= 11 is 3.06. The third kappa shape index (κ3) is 3.64. The molecule has 0 aromatic heterocycles. The van der Waals surface area contributed by atoms with Gasteiger partial charge in [0.15, 0.2) is 0 Å². The van der Waals surface area contributed by atoms with E-state index in [1.165, 1.54) is 6.07 Å². The molecule has 4 heteroatoms. The molecule has 0 radical (unpaired) electrons. The molecule has 0 aliphatic carbocycles. The molecule has 1 N–H and O–H groups in total. The molecule has 0 aliphatic heterocycles.